The standard InChI is InChI=1S/C15H16ClN3O2/c16-11-2-1-3-13(10-11)19-15(20)18-8-9-21-14-6-4-12(17)5-7-14/h1-7,10H,8-9,17H2,(H2,18,19,20). The summed E-state index contributed by atoms with van der Waals surface area (Å²) in [6, 6.07) is 13.7. The highest BCUT2D eigenvalue weighted by Gasteiger charge is 2.01. The molecule has 0 aliphatic rings. The number of hydrogen-bond acceptors (Lipinski definition) is 3. The van der Waals surface area contributed by atoms with Crippen molar-refractivity contribution in [1.29, 1.82) is 0 Å². The maximum Gasteiger partial charge on any atom is 0.319 e. The lowest BCUT2D eigenvalue weighted by atomic mass is 10.3. The number of rotatable bonds is 5. The first-order valence-electron chi connectivity index (χ1n) is 6.42. The third-order valence-electron chi connectivity index (χ3n) is 2.62. The van der Waals surface area contributed by atoms with E-state index in [2.05, 4.69) is 10.6 Å². The van der Waals surface area contributed by atoms with E-state index in [1.165, 1.54) is 0 Å². The molecule has 0 aromatic heterocycles. The minimum atomic E-state index is -0.307. The first-order valence-corrected chi connectivity index (χ1v) is 6.80. The third kappa shape index (κ3) is 5.24. The van der Waals surface area contributed by atoms with Gasteiger partial charge in [-0.2, -0.15) is 0 Å². The van der Waals surface area contributed by atoms with Crippen molar-refractivity contribution in [3.63, 3.8) is 0 Å². The maximum absolute atomic E-state index is 11.6. The lowest BCUT2D eigenvalue weighted by Gasteiger charge is -2.09. The Labute approximate surface area is 128 Å². The van der Waals surface area contributed by atoms with Crippen molar-refractivity contribution in [2.24, 2.45) is 0 Å². The van der Waals surface area contributed by atoms with E-state index in [1.54, 1.807) is 48.5 Å². The maximum atomic E-state index is 11.6. The van der Waals surface area contributed by atoms with Crippen molar-refractivity contribution >= 4 is 29.0 Å². The molecule has 5 nitrogen and oxygen atoms in total. The van der Waals surface area contributed by atoms with Crippen molar-refractivity contribution in [1.82, 2.24) is 5.32 Å². The van der Waals surface area contributed by atoms with Crippen LogP contribution in [0.3, 0.4) is 0 Å². The molecule has 2 rings (SSSR count). The number of nitrogen functional groups attached to an aromatic ring is 1. The monoisotopic (exact) mass is 305 g/mol. The molecule has 0 aliphatic heterocycles. The van der Waals surface area contributed by atoms with Crippen molar-refractivity contribution in [3.05, 3.63) is 53.6 Å². The first kappa shape index (κ1) is 15.0. The first-order chi connectivity index (χ1) is 10.1. The van der Waals surface area contributed by atoms with Gasteiger partial charge < -0.3 is 21.1 Å². The van der Waals surface area contributed by atoms with Crippen LogP contribution in [0.4, 0.5) is 16.2 Å². The van der Waals surface area contributed by atoms with E-state index in [4.69, 9.17) is 22.1 Å². The highest BCUT2D eigenvalue weighted by atomic mass is 35.5. The van der Waals surface area contributed by atoms with Crippen LogP contribution in [0.15, 0.2) is 48.5 Å². The second kappa shape index (κ2) is 7.40. The number of anilines is 2. The Hall–Kier alpha value is -2.40. The molecule has 0 atom stereocenters. The summed E-state index contributed by atoms with van der Waals surface area (Å²) < 4.78 is 5.46. The summed E-state index contributed by atoms with van der Waals surface area (Å²) in [5.74, 6) is 0.709. The summed E-state index contributed by atoms with van der Waals surface area (Å²) in [7, 11) is 0. The Morgan fingerprint density at radius 2 is 1.95 bits per heavy atom. The van der Waals surface area contributed by atoms with Gasteiger partial charge in [0.1, 0.15) is 12.4 Å². The molecule has 0 heterocycles. The number of halogens is 1. The van der Waals surface area contributed by atoms with E-state index in [0.29, 0.717) is 35.3 Å². The zero-order valence-electron chi connectivity index (χ0n) is 11.3. The lowest BCUT2D eigenvalue weighted by molar-refractivity contribution is 0.247. The van der Waals surface area contributed by atoms with Crippen LogP contribution in [-0.2, 0) is 0 Å². The average molecular weight is 306 g/mol. The van der Waals surface area contributed by atoms with Crippen LogP contribution in [0.5, 0.6) is 5.75 Å². The second-order valence-electron chi connectivity index (χ2n) is 4.31. The molecular weight excluding hydrogens is 290 g/mol. The molecule has 6 heteroatoms. The Balaban J connectivity index is 1.68. The highest BCUT2D eigenvalue weighted by Crippen LogP contribution is 2.14. The van der Waals surface area contributed by atoms with Crippen LogP contribution in [0.2, 0.25) is 5.02 Å². The Kier molecular flexibility index (Phi) is 5.29. The minimum Gasteiger partial charge on any atom is -0.492 e. The van der Waals surface area contributed by atoms with Gasteiger partial charge in [0, 0.05) is 16.4 Å². The van der Waals surface area contributed by atoms with E-state index < -0.39 is 0 Å². The number of ether oxygens (including phenoxy) is 1. The zero-order chi connectivity index (χ0) is 15.1. The van der Waals surface area contributed by atoms with Crippen molar-refractivity contribution < 1.29 is 9.53 Å². The average Bonchev–Trinajstić information content (AvgIpc) is 2.45. The molecule has 0 saturated carbocycles. The molecule has 0 aliphatic carbocycles. The number of urea groups is 1. The molecule has 2 amide bonds. The van der Waals surface area contributed by atoms with E-state index in [1.807, 2.05) is 0 Å². The van der Waals surface area contributed by atoms with Gasteiger partial charge in [0.05, 0.1) is 6.54 Å². The van der Waals surface area contributed by atoms with E-state index in [9.17, 15) is 4.79 Å². The number of benzene rings is 2. The van der Waals surface area contributed by atoms with Gasteiger partial charge >= 0.3 is 6.03 Å². The molecule has 2 aromatic rings. The topological polar surface area (TPSA) is 76.4 Å². The summed E-state index contributed by atoms with van der Waals surface area (Å²) in [4.78, 5) is 11.6. The van der Waals surface area contributed by atoms with E-state index in [-0.39, 0.29) is 6.03 Å². The van der Waals surface area contributed by atoms with E-state index >= 15 is 0 Å². The van der Waals surface area contributed by atoms with Gasteiger partial charge in [-0.1, -0.05) is 17.7 Å². The number of carbonyl (C=O) groups is 1. The van der Waals surface area contributed by atoms with Crippen LogP contribution >= 0.6 is 11.6 Å². The molecule has 21 heavy (non-hydrogen) atoms. The molecule has 110 valence electrons. The number of amides is 2. The second-order valence-corrected chi connectivity index (χ2v) is 4.75. The van der Waals surface area contributed by atoms with Gasteiger partial charge in [-0.05, 0) is 42.5 Å². The Morgan fingerprint density at radius 3 is 2.67 bits per heavy atom. The van der Waals surface area contributed by atoms with Crippen molar-refractivity contribution in [2.75, 3.05) is 24.2 Å². The number of nitrogens with two attached hydrogens (primary N) is 1. The van der Waals surface area contributed by atoms with Gasteiger partial charge in [0.25, 0.3) is 0 Å². The summed E-state index contributed by atoms with van der Waals surface area (Å²) in [6.07, 6.45) is 0. The largest absolute Gasteiger partial charge is 0.492 e. The van der Waals surface area contributed by atoms with Gasteiger partial charge in [-0.25, -0.2) is 4.79 Å². The molecule has 0 spiro atoms. The van der Waals surface area contributed by atoms with E-state index in [0.717, 1.165) is 0 Å². The Bertz CT molecular complexity index is 602. The molecule has 0 radical (unpaired) electrons. The predicted octanol–water partition coefficient (Wildman–Crippen LogP) is 3.12. The SMILES string of the molecule is Nc1ccc(OCCNC(=O)Nc2cccc(Cl)c2)cc1. The molecule has 4 N–H and O–H groups in total. The number of hydrogen-bond donors (Lipinski definition) is 3. The Morgan fingerprint density at radius 1 is 1.19 bits per heavy atom. The van der Waals surface area contributed by atoms with Crippen LogP contribution in [0.1, 0.15) is 0 Å². The predicted molar refractivity (Wildman–Crippen MR) is 84.8 cm³/mol. The lowest BCUT2D eigenvalue weighted by Crippen LogP contribution is -2.32. The quantitative estimate of drug-likeness (QED) is 0.587. The fourth-order valence-electron chi connectivity index (χ4n) is 1.64. The molecule has 0 bridgehead atoms. The number of carbonyl (C=O) groups excluding carboxylic acids is 1. The van der Waals surface area contributed by atoms with Crippen LogP contribution < -0.4 is 21.1 Å². The molecular formula is C15H16ClN3O2. The summed E-state index contributed by atoms with van der Waals surface area (Å²) in [6.45, 7) is 0.754. The van der Waals surface area contributed by atoms with Gasteiger partial charge in [0.15, 0.2) is 0 Å². The smallest absolute Gasteiger partial charge is 0.319 e. The van der Waals surface area contributed by atoms with Gasteiger partial charge in [0.2, 0.25) is 0 Å². The van der Waals surface area contributed by atoms with Crippen LogP contribution in [0.25, 0.3) is 0 Å². The minimum absolute atomic E-state index is 0.307. The third-order valence-corrected chi connectivity index (χ3v) is 2.85. The van der Waals surface area contributed by atoms with Crippen LogP contribution in [0, 0.1) is 0 Å². The normalized spacial score (nSPS) is 9.95. The number of nitrogens with one attached hydrogen (secondary N) is 2. The highest BCUT2D eigenvalue weighted by molar-refractivity contribution is 6.30. The van der Waals surface area contributed by atoms with Gasteiger partial charge in [-0.3, -0.25) is 0 Å². The van der Waals surface area contributed by atoms with Crippen molar-refractivity contribution in [3.8, 4) is 5.75 Å². The van der Waals surface area contributed by atoms with Gasteiger partial charge in [-0.15, -0.1) is 0 Å². The fraction of sp³-hybridized carbons (Fsp3) is 0.133. The zero-order valence-corrected chi connectivity index (χ0v) is 12.1. The van der Waals surface area contributed by atoms with Crippen molar-refractivity contribution in [2.45, 2.75) is 0 Å². The molecule has 2 aromatic carbocycles. The molecule has 0 fully saturated rings. The summed E-state index contributed by atoms with van der Waals surface area (Å²) in [5, 5.41) is 5.94. The molecule has 0 unspecified atom stereocenters. The molecule has 0 saturated heterocycles. The fourth-order valence-corrected chi connectivity index (χ4v) is 1.83. The summed E-state index contributed by atoms with van der Waals surface area (Å²) >= 11 is 5.83. The summed E-state index contributed by atoms with van der Waals surface area (Å²) in [5.41, 5.74) is 6.90. The van der Waals surface area contributed by atoms with Crippen LogP contribution in [-0.4, -0.2) is 19.2 Å².